The summed E-state index contributed by atoms with van der Waals surface area (Å²) in [6.07, 6.45) is 3.98. The predicted molar refractivity (Wildman–Crippen MR) is 127 cm³/mol. The molecule has 3 rings (SSSR count). The molecule has 0 unspecified atom stereocenters. The van der Waals surface area contributed by atoms with Crippen molar-refractivity contribution < 1.29 is 22.7 Å². The predicted octanol–water partition coefficient (Wildman–Crippen LogP) is 3.46. The molecule has 33 heavy (non-hydrogen) atoms. The van der Waals surface area contributed by atoms with Crippen LogP contribution in [0, 0.1) is 5.92 Å². The Hall–Kier alpha value is -2.88. The molecule has 1 fully saturated rings. The zero-order chi connectivity index (χ0) is 23.8. The minimum atomic E-state index is -3.61. The van der Waals surface area contributed by atoms with Crippen molar-refractivity contribution in [3.8, 4) is 11.5 Å². The van der Waals surface area contributed by atoms with Gasteiger partial charge in [0.25, 0.3) is 0 Å². The summed E-state index contributed by atoms with van der Waals surface area (Å²) in [4.78, 5) is 12.7. The maximum Gasteiger partial charge on any atom is 0.243 e. The Bertz CT molecular complexity index is 1110. The standard InChI is InChI=1S/C23H26ClN3O5S/c1-3-14-32-21-9-4-17(15-22(21)31-2)16-25-26-23(28)18-10-12-27(13-11-18)33(29,30)20-7-5-19(24)6-8-20/h3-9,15-16,18H,1,10-14H2,2H3,(H,26,28)/b25-16-. The lowest BCUT2D eigenvalue weighted by Gasteiger charge is -2.30. The molecule has 0 radical (unpaired) electrons. The molecule has 176 valence electrons. The number of carbonyl (C=O) groups is 1. The number of amides is 1. The fraction of sp³-hybridized carbons (Fsp3) is 0.304. The fourth-order valence-electron chi connectivity index (χ4n) is 3.41. The highest BCUT2D eigenvalue weighted by molar-refractivity contribution is 7.89. The van der Waals surface area contributed by atoms with Gasteiger partial charge in [-0.3, -0.25) is 4.79 Å². The van der Waals surface area contributed by atoms with E-state index in [9.17, 15) is 13.2 Å². The second-order valence-corrected chi connectivity index (χ2v) is 9.75. The largest absolute Gasteiger partial charge is 0.493 e. The second kappa shape index (κ2) is 11.3. The van der Waals surface area contributed by atoms with Crippen LogP contribution in [0.25, 0.3) is 0 Å². The quantitative estimate of drug-likeness (QED) is 0.329. The summed E-state index contributed by atoms with van der Waals surface area (Å²) in [5, 5.41) is 4.50. The van der Waals surface area contributed by atoms with Crippen LogP contribution in [0.15, 0.2) is 65.1 Å². The average Bonchev–Trinajstić information content (AvgIpc) is 2.83. The van der Waals surface area contributed by atoms with Gasteiger partial charge in [-0.05, 0) is 60.9 Å². The zero-order valence-electron chi connectivity index (χ0n) is 18.2. The molecule has 1 aliphatic heterocycles. The SMILES string of the molecule is C=CCOc1ccc(/C=N\NC(=O)C2CCN(S(=O)(=O)c3ccc(Cl)cc3)CC2)cc1OC. The molecule has 0 aromatic heterocycles. The van der Waals surface area contributed by atoms with Gasteiger partial charge in [0.1, 0.15) is 6.61 Å². The van der Waals surface area contributed by atoms with Gasteiger partial charge in [-0.1, -0.05) is 24.3 Å². The number of ether oxygens (including phenoxy) is 2. The molecule has 2 aromatic carbocycles. The third-order valence-electron chi connectivity index (χ3n) is 5.21. The molecule has 0 atom stereocenters. The smallest absolute Gasteiger partial charge is 0.243 e. The van der Waals surface area contributed by atoms with Crippen LogP contribution in [-0.4, -0.2) is 51.7 Å². The maximum atomic E-state index is 12.8. The highest BCUT2D eigenvalue weighted by Crippen LogP contribution is 2.28. The number of carbonyl (C=O) groups excluding carboxylic acids is 1. The fourth-order valence-corrected chi connectivity index (χ4v) is 5.00. The molecule has 1 amide bonds. The van der Waals surface area contributed by atoms with Crippen molar-refractivity contribution >= 4 is 33.7 Å². The number of benzene rings is 2. The van der Waals surface area contributed by atoms with E-state index in [0.717, 1.165) is 5.56 Å². The molecular weight excluding hydrogens is 466 g/mol. The number of nitrogens with zero attached hydrogens (tertiary/aromatic N) is 2. The first kappa shape index (κ1) is 24.8. The zero-order valence-corrected chi connectivity index (χ0v) is 19.8. The lowest BCUT2D eigenvalue weighted by atomic mass is 9.98. The first-order valence-electron chi connectivity index (χ1n) is 10.4. The molecule has 1 aliphatic rings. The Morgan fingerprint density at radius 3 is 2.55 bits per heavy atom. The van der Waals surface area contributed by atoms with Crippen molar-refractivity contribution in [1.82, 2.24) is 9.73 Å². The van der Waals surface area contributed by atoms with Gasteiger partial charge in [0.05, 0.1) is 18.2 Å². The number of hydrogen-bond acceptors (Lipinski definition) is 6. The number of halogens is 1. The van der Waals surface area contributed by atoms with Crippen molar-refractivity contribution in [2.75, 3.05) is 26.8 Å². The van der Waals surface area contributed by atoms with Crippen molar-refractivity contribution in [3.05, 3.63) is 65.7 Å². The molecule has 8 nitrogen and oxygen atoms in total. The number of hydrogen-bond donors (Lipinski definition) is 1. The lowest BCUT2D eigenvalue weighted by molar-refractivity contribution is -0.126. The van der Waals surface area contributed by atoms with Gasteiger partial charge in [0.15, 0.2) is 11.5 Å². The van der Waals surface area contributed by atoms with E-state index in [4.69, 9.17) is 21.1 Å². The molecule has 10 heteroatoms. The Morgan fingerprint density at radius 1 is 1.21 bits per heavy atom. The second-order valence-electron chi connectivity index (χ2n) is 7.38. The van der Waals surface area contributed by atoms with Crippen LogP contribution in [0.2, 0.25) is 5.02 Å². The van der Waals surface area contributed by atoms with E-state index < -0.39 is 10.0 Å². The first-order chi connectivity index (χ1) is 15.8. The van der Waals surface area contributed by atoms with Gasteiger partial charge in [-0.25, -0.2) is 13.8 Å². The number of nitrogens with one attached hydrogen (secondary N) is 1. The van der Waals surface area contributed by atoms with Crippen molar-refractivity contribution in [1.29, 1.82) is 0 Å². The van der Waals surface area contributed by atoms with Crippen LogP contribution in [0.4, 0.5) is 0 Å². The summed E-state index contributed by atoms with van der Waals surface area (Å²) in [5.74, 6) is 0.566. The summed E-state index contributed by atoms with van der Waals surface area (Å²) >= 11 is 5.84. The van der Waals surface area contributed by atoms with E-state index in [2.05, 4.69) is 17.1 Å². The Morgan fingerprint density at radius 2 is 1.91 bits per heavy atom. The number of sulfonamides is 1. The van der Waals surface area contributed by atoms with Gasteiger partial charge in [0, 0.05) is 24.0 Å². The van der Waals surface area contributed by atoms with Gasteiger partial charge < -0.3 is 9.47 Å². The maximum absolute atomic E-state index is 12.8. The van der Waals surface area contributed by atoms with E-state index in [1.54, 1.807) is 36.4 Å². The third kappa shape index (κ3) is 6.34. The Kier molecular flexibility index (Phi) is 8.49. The summed E-state index contributed by atoms with van der Waals surface area (Å²) in [6.45, 7) is 4.49. The number of methoxy groups -OCH3 is 1. The molecule has 0 spiro atoms. The molecule has 1 N–H and O–H groups in total. The van der Waals surface area contributed by atoms with Gasteiger partial charge in [-0.2, -0.15) is 9.41 Å². The molecule has 1 heterocycles. The summed E-state index contributed by atoms with van der Waals surface area (Å²) < 4.78 is 37.8. The van der Waals surface area contributed by atoms with Crippen molar-refractivity contribution in [3.63, 3.8) is 0 Å². The van der Waals surface area contributed by atoms with Crippen molar-refractivity contribution in [2.45, 2.75) is 17.7 Å². The molecular formula is C23H26ClN3O5S. The Labute approximate surface area is 198 Å². The minimum Gasteiger partial charge on any atom is -0.493 e. The van der Waals surface area contributed by atoms with E-state index in [-0.39, 0.29) is 29.8 Å². The average molecular weight is 492 g/mol. The topological polar surface area (TPSA) is 97.3 Å². The summed E-state index contributed by atoms with van der Waals surface area (Å²) in [7, 11) is -2.07. The van der Waals surface area contributed by atoms with E-state index >= 15 is 0 Å². The minimum absolute atomic E-state index is 0.191. The highest BCUT2D eigenvalue weighted by Gasteiger charge is 2.32. The normalized spacial score (nSPS) is 15.3. The van der Waals surface area contributed by atoms with Gasteiger partial charge >= 0.3 is 0 Å². The highest BCUT2D eigenvalue weighted by atomic mass is 35.5. The number of piperidine rings is 1. The molecule has 0 saturated carbocycles. The molecule has 2 aromatic rings. The summed E-state index contributed by atoms with van der Waals surface area (Å²) in [6, 6.07) is 11.3. The van der Waals surface area contributed by atoms with Gasteiger partial charge in [-0.15, -0.1) is 0 Å². The van der Waals surface area contributed by atoms with Crippen molar-refractivity contribution in [2.24, 2.45) is 11.0 Å². The molecule has 0 aliphatic carbocycles. The van der Waals surface area contributed by atoms with Crippen LogP contribution in [0.3, 0.4) is 0 Å². The summed E-state index contributed by atoms with van der Waals surface area (Å²) in [5.41, 5.74) is 3.27. The van der Waals surface area contributed by atoms with Crippen LogP contribution in [0.1, 0.15) is 18.4 Å². The van der Waals surface area contributed by atoms with Gasteiger partial charge in [0.2, 0.25) is 15.9 Å². The number of hydrazone groups is 1. The third-order valence-corrected chi connectivity index (χ3v) is 7.37. The Balaban J connectivity index is 1.53. The van der Waals surface area contributed by atoms with Crippen LogP contribution >= 0.6 is 11.6 Å². The van der Waals surface area contributed by atoms with Crippen LogP contribution < -0.4 is 14.9 Å². The van der Waals surface area contributed by atoms with Crippen LogP contribution in [0.5, 0.6) is 11.5 Å². The first-order valence-corrected chi connectivity index (χ1v) is 12.2. The van der Waals surface area contributed by atoms with E-state index in [0.29, 0.717) is 36.0 Å². The lowest BCUT2D eigenvalue weighted by Crippen LogP contribution is -2.42. The van der Waals surface area contributed by atoms with E-state index in [1.165, 1.54) is 29.8 Å². The molecule has 1 saturated heterocycles. The molecule has 0 bridgehead atoms. The monoisotopic (exact) mass is 491 g/mol. The van der Waals surface area contributed by atoms with Crippen LogP contribution in [-0.2, 0) is 14.8 Å². The van der Waals surface area contributed by atoms with E-state index in [1.807, 2.05) is 0 Å². The number of rotatable bonds is 9.